The molecule has 1 aromatic rings. The Morgan fingerprint density at radius 2 is 2.00 bits per heavy atom. The van der Waals surface area contributed by atoms with Crippen LogP contribution >= 0.6 is 0 Å². The van der Waals surface area contributed by atoms with Crippen LogP contribution in [0.1, 0.15) is 32.8 Å². The number of imide groups is 1. The minimum absolute atomic E-state index is 0.142. The highest BCUT2D eigenvalue weighted by atomic mass is 16.7. The molecular formula is C20H26N4O6. The summed E-state index contributed by atoms with van der Waals surface area (Å²) >= 11 is 0. The zero-order valence-corrected chi connectivity index (χ0v) is 17.2. The highest BCUT2D eigenvalue weighted by Gasteiger charge is 2.48. The first-order chi connectivity index (χ1) is 14.2. The Hall–Kier alpha value is -3.30. The number of nitrogens with zero attached hydrogens (tertiary/aromatic N) is 1. The Balaban J connectivity index is 1.61. The topological polar surface area (TPSA) is 126 Å². The number of rotatable bonds is 8. The summed E-state index contributed by atoms with van der Waals surface area (Å²) < 4.78 is 10.6. The van der Waals surface area contributed by atoms with Crippen molar-refractivity contribution in [1.29, 1.82) is 0 Å². The molecule has 1 aromatic carbocycles. The molecule has 2 aliphatic rings. The summed E-state index contributed by atoms with van der Waals surface area (Å²) in [4.78, 5) is 50.3. The molecule has 3 rings (SSSR count). The molecule has 0 unspecified atom stereocenters. The van der Waals surface area contributed by atoms with Crippen molar-refractivity contribution >= 4 is 23.8 Å². The van der Waals surface area contributed by atoms with E-state index in [-0.39, 0.29) is 19.1 Å². The van der Waals surface area contributed by atoms with Crippen LogP contribution in [-0.2, 0) is 20.8 Å². The molecule has 1 saturated heterocycles. The van der Waals surface area contributed by atoms with Gasteiger partial charge in [-0.1, -0.05) is 13.0 Å². The zero-order valence-electron chi connectivity index (χ0n) is 17.2. The van der Waals surface area contributed by atoms with Gasteiger partial charge < -0.3 is 25.4 Å². The molecule has 0 saturated carbocycles. The van der Waals surface area contributed by atoms with Gasteiger partial charge in [0, 0.05) is 13.0 Å². The molecule has 3 N–H and O–H groups in total. The van der Waals surface area contributed by atoms with Gasteiger partial charge in [0.2, 0.25) is 18.6 Å². The lowest BCUT2D eigenvalue weighted by Crippen LogP contribution is -2.50. The van der Waals surface area contributed by atoms with Crippen molar-refractivity contribution in [2.24, 2.45) is 0 Å². The van der Waals surface area contributed by atoms with E-state index in [1.807, 2.05) is 6.92 Å². The summed E-state index contributed by atoms with van der Waals surface area (Å²) in [5, 5.41) is 7.84. The first-order valence-corrected chi connectivity index (χ1v) is 9.83. The second kappa shape index (κ2) is 8.60. The molecule has 10 heteroatoms. The average molecular weight is 418 g/mol. The fourth-order valence-corrected chi connectivity index (χ4v) is 3.37. The summed E-state index contributed by atoms with van der Waals surface area (Å²) in [6.45, 7) is 5.25. The van der Waals surface area contributed by atoms with Crippen LogP contribution in [0.25, 0.3) is 0 Å². The fraction of sp³-hybridized carbons (Fsp3) is 0.500. The minimum atomic E-state index is -1.20. The third-order valence-electron chi connectivity index (χ3n) is 4.96. The largest absolute Gasteiger partial charge is 0.454 e. The predicted octanol–water partition coefficient (Wildman–Crippen LogP) is 0.299. The van der Waals surface area contributed by atoms with Crippen LogP contribution in [0.3, 0.4) is 0 Å². The molecule has 30 heavy (non-hydrogen) atoms. The molecule has 2 atom stereocenters. The Bertz CT molecular complexity index is 873. The van der Waals surface area contributed by atoms with E-state index in [1.165, 1.54) is 0 Å². The minimum Gasteiger partial charge on any atom is -0.454 e. The summed E-state index contributed by atoms with van der Waals surface area (Å²) in [6.07, 6.45) is 0.999. The number of carbonyl (C=O) groups excluding carboxylic acids is 4. The molecule has 5 amide bonds. The van der Waals surface area contributed by atoms with Crippen LogP contribution in [0.2, 0.25) is 0 Å². The summed E-state index contributed by atoms with van der Waals surface area (Å²) in [7, 11) is 0. The van der Waals surface area contributed by atoms with Crippen molar-refractivity contribution < 1.29 is 28.7 Å². The Morgan fingerprint density at radius 1 is 1.27 bits per heavy atom. The number of fused-ring (bicyclic) bond motifs is 1. The Morgan fingerprint density at radius 3 is 2.73 bits per heavy atom. The SMILES string of the molecule is CCCNC(=O)[C@@H](C)NC(=O)CN1C(=O)N[C@](C)(Cc2ccc3c(c2)OCO3)C1=O. The van der Waals surface area contributed by atoms with Gasteiger partial charge in [-0.25, -0.2) is 4.79 Å². The van der Waals surface area contributed by atoms with Gasteiger partial charge >= 0.3 is 6.03 Å². The van der Waals surface area contributed by atoms with Crippen LogP contribution in [0, 0.1) is 0 Å². The fourth-order valence-electron chi connectivity index (χ4n) is 3.37. The van der Waals surface area contributed by atoms with E-state index in [0.717, 1.165) is 16.9 Å². The molecule has 0 radical (unpaired) electrons. The quantitative estimate of drug-likeness (QED) is 0.522. The molecule has 0 spiro atoms. The molecule has 162 valence electrons. The summed E-state index contributed by atoms with van der Waals surface area (Å²) in [6, 6.07) is 3.88. The maximum Gasteiger partial charge on any atom is 0.325 e. The molecular weight excluding hydrogens is 392 g/mol. The van der Waals surface area contributed by atoms with Crippen molar-refractivity contribution in [2.45, 2.75) is 45.2 Å². The number of ether oxygens (including phenoxy) is 2. The van der Waals surface area contributed by atoms with Gasteiger partial charge in [-0.15, -0.1) is 0 Å². The zero-order chi connectivity index (χ0) is 21.9. The van der Waals surface area contributed by atoms with Crippen LogP contribution in [-0.4, -0.2) is 60.1 Å². The Labute approximate surface area is 174 Å². The van der Waals surface area contributed by atoms with Gasteiger partial charge in [0.15, 0.2) is 11.5 Å². The number of hydrogen-bond donors (Lipinski definition) is 3. The third kappa shape index (κ3) is 4.47. The van der Waals surface area contributed by atoms with Crippen molar-refractivity contribution in [1.82, 2.24) is 20.9 Å². The lowest BCUT2D eigenvalue weighted by molar-refractivity contribution is -0.135. The summed E-state index contributed by atoms with van der Waals surface area (Å²) in [5.74, 6) is -0.219. The lowest BCUT2D eigenvalue weighted by Gasteiger charge is -2.22. The molecule has 2 heterocycles. The third-order valence-corrected chi connectivity index (χ3v) is 4.96. The number of hydrogen-bond acceptors (Lipinski definition) is 6. The van der Waals surface area contributed by atoms with Gasteiger partial charge in [0.1, 0.15) is 18.1 Å². The summed E-state index contributed by atoms with van der Waals surface area (Å²) in [5.41, 5.74) is -0.419. The van der Waals surface area contributed by atoms with E-state index < -0.39 is 36.0 Å². The number of carbonyl (C=O) groups is 4. The highest BCUT2D eigenvalue weighted by molar-refractivity contribution is 6.09. The predicted molar refractivity (Wildman–Crippen MR) is 106 cm³/mol. The highest BCUT2D eigenvalue weighted by Crippen LogP contribution is 2.34. The molecule has 10 nitrogen and oxygen atoms in total. The number of amides is 5. The normalized spacial score (nSPS) is 20.7. The average Bonchev–Trinajstić information content (AvgIpc) is 3.24. The smallest absolute Gasteiger partial charge is 0.325 e. The van der Waals surface area contributed by atoms with Crippen molar-refractivity contribution in [3.63, 3.8) is 0 Å². The van der Waals surface area contributed by atoms with Gasteiger partial charge in [-0.3, -0.25) is 19.3 Å². The van der Waals surface area contributed by atoms with E-state index >= 15 is 0 Å². The van der Waals surface area contributed by atoms with E-state index in [9.17, 15) is 19.2 Å². The van der Waals surface area contributed by atoms with E-state index in [4.69, 9.17) is 9.47 Å². The van der Waals surface area contributed by atoms with Gasteiger partial charge in [-0.2, -0.15) is 0 Å². The van der Waals surface area contributed by atoms with Crippen LogP contribution in [0.4, 0.5) is 4.79 Å². The lowest BCUT2D eigenvalue weighted by atomic mass is 9.92. The monoisotopic (exact) mass is 418 g/mol. The van der Waals surface area contributed by atoms with E-state index in [2.05, 4.69) is 16.0 Å². The standard InChI is InChI=1S/C20H26N4O6/c1-4-7-21-17(26)12(2)22-16(25)10-24-18(27)20(3,23-19(24)28)9-13-5-6-14-15(8-13)30-11-29-14/h5-6,8,12H,4,7,9-11H2,1-3H3,(H,21,26)(H,22,25)(H,23,28)/t12-,20-/m1/s1. The van der Waals surface area contributed by atoms with Gasteiger partial charge in [-0.05, 0) is 38.0 Å². The van der Waals surface area contributed by atoms with Gasteiger partial charge in [0.05, 0.1) is 0 Å². The van der Waals surface area contributed by atoms with Gasteiger partial charge in [0.25, 0.3) is 5.91 Å². The maximum absolute atomic E-state index is 12.9. The maximum atomic E-state index is 12.9. The Kier molecular flexibility index (Phi) is 6.14. The van der Waals surface area contributed by atoms with E-state index in [1.54, 1.807) is 32.0 Å². The molecule has 0 aliphatic carbocycles. The second-order valence-electron chi connectivity index (χ2n) is 7.60. The molecule has 1 fully saturated rings. The van der Waals surface area contributed by atoms with Crippen LogP contribution in [0.15, 0.2) is 18.2 Å². The first-order valence-electron chi connectivity index (χ1n) is 9.83. The first kappa shape index (κ1) is 21.4. The van der Waals surface area contributed by atoms with E-state index in [0.29, 0.717) is 18.0 Å². The van der Waals surface area contributed by atoms with Crippen LogP contribution in [0.5, 0.6) is 11.5 Å². The van der Waals surface area contributed by atoms with Crippen molar-refractivity contribution in [2.75, 3.05) is 19.9 Å². The molecule has 0 bridgehead atoms. The second-order valence-corrected chi connectivity index (χ2v) is 7.60. The van der Waals surface area contributed by atoms with Crippen LogP contribution < -0.4 is 25.4 Å². The number of nitrogens with one attached hydrogen (secondary N) is 3. The van der Waals surface area contributed by atoms with Crippen molar-refractivity contribution in [3.8, 4) is 11.5 Å². The number of urea groups is 1. The number of benzene rings is 1. The molecule has 2 aliphatic heterocycles. The molecule has 0 aromatic heterocycles. The van der Waals surface area contributed by atoms with Crippen molar-refractivity contribution in [3.05, 3.63) is 23.8 Å².